The van der Waals surface area contributed by atoms with Gasteiger partial charge in [-0.2, -0.15) is 0 Å². The summed E-state index contributed by atoms with van der Waals surface area (Å²) < 4.78 is 0. The summed E-state index contributed by atoms with van der Waals surface area (Å²) in [4.78, 5) is 44.0. The molecule has 27 heavy (non-hydrogen) atoms. The van der Waals surface area contributed by atoms with Gasteiger partial charge >= 0.3 is 0 Å². The van der Waals surface area contributed by atoms with Gasteiger partial charge in [0.15, 0.2) is 0 Å². The summed E-state index contributed by atoms with van der Waals surface area (Å²) >= 11 is 1.42. The van der Waals surface area contributed by atoms with E-state index >= 15 is 0 Å². The lowest BCUT2D eigenvalue weighted by Crippen LogP contribution is -2.55. The monoisotopic (exact) mass is 390 g/mol. The van der Waals surface area contributed by atoms with Gasteiger partial charge < -0.3 is 15.1 Å². The van der Waals surface area contributed by atoms with Gasteiger partial charge in [0.25, 0.3) is 5.91 Å². The zero-order valence-electron chi connectivity index (χ0n) is 15.4. The van der Waals surface area contributed by atoms with Crippen LogP contribution in [0.1, 0.15) is 35.4 Å². The predicted molar refractivity (Wildman–Crippen MR) is 103 cm³/mol. The molecule has 1 saturated carbocycles. The van der Waals surface area contributed by atoms with Crippen LogP contribution in [-0.4, -0.2) is 83.8 Å². The number of nitrogens with one attached hydrogen (secondary N) is 1. The molecule has 3 aliphatic rings. The first-order valence-electron chi connectivity index (χ1n) is 9.77. The summed E-state index contributed by atoms with van der Waals surface area (Å²) in [5, 5.41) is 4.89. The van der Waals surface area contributed by atoms with E-state index in [1.54, 1.807) is 4.90 Å². The normalized spacial score (nSPS) is 23.5. The molecule has 4 rings (SSSR count). The maximum atomic E-state index is 13.0. The van der Waals surface area contributed by atoms with Crippen molar-refractivity contribution in [3.05, 3.63) is 22.4 Å². The van der Waals surface area contributed by atoms with Crippen LogP contribution in [0.15, 0.2) is 17.5 Å². The molecule has 7 nitrogen and oxygen atoms in total. The van der Waals surface area contributed by atoms with Gasteiger partial charge in [-0.05, 0) is 37.1 Å². The Morgan fingerprint density at radius 3 is 2.52 bits per heavy atom. The Hall–Kier alpha value is -1.93. The fourth-order valence-corrected chi connectivity index (χ4v) is 4.53. The number of nitrogens with zero attached hydrogens (tertiary/aromatic N) is 3. The number of thiophene rings is 1. The third kappa shape index (κ3) is 4.32. The largest absolute Gasteiger partial charge is 0.352 e. The number of carbonyl (C=O) groups is 3. The minimum atomic E-state index is -0.343. The topological polar surface area (TPSA) is 73.0 Å². The van der Waals surface area contributed by atoms with Crippen LogP contribution in [0.25, 0.3) is 0 Å². The molecule has 1 N–H and O–H groups in total. The summed E-state index contributed by atoms with van der Waals surface area (Å²) in [5.41, 5.74) is 0. The van der Waals surface area contributed by atoms with Crippen molar-refractivity contribution >= 4 is 29.1 Å². The molecule has 0 spiro atoms. The van der Waals surface area contributed by atoms with Gasteiger partial charge in [-0.3, -0.25) is 19.3 Å². The molecule has 1 aliphatic carbocycles. The minimum absolute atomic E-state index is 0.0313. The van der Waals surface area contributed by atoms with Crippen molar-refractivity contribution in [2.75, 3.05) is 39.3 Å². The molecule has 0 unspecified atom stereocenters. The van der Waals surface area contributed by atoms with Crippen LogP contribution in [0.4, 0.5) is 0 Å². The molecule has 0 aromatic carbocycles. The van der Waals surface area contributed by atoms with Gasteiger partial charge in [0.1, 0.15) is 6.04 Å². The second-order valence-electron chi connectivity index (χ2n) is 7.58. The average Bonchev–Trinajstić information content (AvgIpc) is 3.16. The number of hydrogen-bond acceptors (Lipinski definition) is 5. The lowest BCUT2D eigenvalue weighted by atomic mass is 10.1. The summed E-state index contributed by atoms with van der Waals surface area (Å²) in [7, 11) is 0. The van der Waals surface area contributed by atoms with Crippen LogP contribution in [0, 0.1) is 0 Å². The van der Waals surface area contributed by atoms with E-state index in [1.165, 1.54) is 11.3 Å². The van der Waals surface area contributed by atoms with Crippen LogP contribution < -0.4 is 5.32 Å². The fourth-order valence-electron chi connectivity index (χ4n) is 3.85. The molecule has 2 saturated heterocycles. The number of hydrogen-bond donors (Lipinski definition) is 1. The molecular formula is C19H26N4O3S. The molecule has 0 radical (unpaired) electrons. The van der Waals surface area contributed by atoms with Gasteiger partial charge in [0.05, 0.1) is 11.4 Å². The Kier molecular flexibility index (Phi) is 5.45. The van der Waals surface area contributed by atoms with Gasteiger partial charge in [-0.15, -0.1) is 11.3 Å². The SMILES string of the molecule is O=C(CN1CCN(C(=O)[C@@H]2CCCN2C(=O)c2cccs2)CC1)NC1CC1. The fraction of sp³-hybridized carbons (Fsp3) is 0.632. The Morgan fingerprint density at radius 2 is 1.85 bits per heavy atom. The van der Waals surface area contributed by atoms with Crippen LogP contribution in [0.2, 0.25) is 0 Å². The standard InChI is InChI=1S/C19H26N4O3S/c24-17(20-14-5-6-14)13-21-8-10-22(11-9-21)18(25)15-3-1-7-23(15)19(26)16-4-2-12-27-16/h2,4,12,14-15H,1,3,5-11,13H2,(H,20,24)/t15-/m0/s1. The summed E-state index contributed by atoms with van der Waals surface area (Å²) in [6, 6.07) is 3.72. The van der Waals surface area contributed by atoms with Gasteiger partial charge in [-0.1, -0.05) is 6.07 Å². The maximum absolute atomic E-state index is 13.0. The average molecular weight is 391 g/mol. The van der Waals surface area contributed by atoms with E-state index in [0.29, 0.717) is 50.2 Å². The molecule has 3 heterocycles. The second-order valence-corrected chi connectivity index (χ2v) is 8.52. The molecule has 146 valence electrons. The Balaban J connectivity index is 1.29. The van der Waals surface area contributed by atoms with E-state index in [4.69, 9.17) is 0 Å². The third-order valence-corrected chi connectivity index (χ3v) is 6.38. The Labute approximate surface area is 163 Å². The van der Waals surface area contributed by atoms with Crippen molar-refractivity contribution in [2.24, 2.45) is 0 Å². The highest BCUT2D eigenvalue weighted by atomic mass is 32.1. The van der Waals surface area contributed by atoms with E-state index in [1.807, 2.05) is 22.4 Å². The summed E-state index contributed by atoms with van der Waals surface area (Å²) in [5.74, 6) is 0.108. The van der Waals surface area contributed by atoms with Crippen molar-refractivity contribution in [3.63, 3.8) is 0 Å². The number of carbonyl (C=O) groups excluding carboxylic acids is 3. The molecule has 1 atom stereocenters. The van der Waals surface area contributed by atoms with Gasteiger partial charge in [0, 0.05) is 38.8 Å². The molecule has 3 amide bonds. The minimum Gasteiger partial charge on any atom is -0.352 e. The van der Waals surface area contributed by atoms with Crippen LogP contribution in [-0.2, 0) is 9.59 Å². The van der Waals surface area contributed by atoms with E-state index in [2.05, 4.69) is 10.2 Å². The Bertz CT molecular complexity index is 696. The van der Waals surface area contributed by atoms with Crippen LogP contribution in [0.5, 0.6) is 0 Å². The smallest absolute Gasteiger partial charge is 0.264 e. The lowest BCUT2D eigenvalue weighted by molar-refractivity contribution is -0.137. The molecule has 2 aliphatic heterocycles. The molecule has 1 aromatic heterocycles. The van der Waals surface area contributed by atoms with Crippen LogP contribution in [0.3, 0.4) is 0 Å². The first-order valence-corrected chi connectivity index (χ1v) is 10.6. The second kappa shape index (κ2) is 7.98. The molecule has 8 heteroatoms. The Morgan fingerprint density at radius 1 is 1.07 bits per heavy atom. The highest BCUT2D eigenvalue weighted by Gasteiger charge is 2.38. The quantitative estimate of drug-likeness (QED) is 0.806. The van der Waals surface area contributed by atoms with Crippen molar-refractivity contribution < 1.29 is 14.4 Å². The molecule has 3 fully saturated rings. The number of piperazine rings is 1. The lowest BCUT2D eigenvalue weighted by Gasteiger charge is -2.37. The zero-order chi connectivity index (χ0) is 18.8. The maximum Gasteiger partial charge on any atom is 0.264 e. The molecule has 1 aromatic rings. The summed E-state index contributed by atoms with van der Waals surface area (Å²) in [6.07, 6.45) is 3.79. The van der Waals surface area contributed by atoms with Gasteiger partial charge in [0.2, 0.25) is 11.8 Å². The first kappa shape index (κ1) is 18.4. The van der Waals surface area contributed by atoms with Crippen molar-refractivity contribution in [1.29, 1.82) is 0 Å². The van der Waals surface area contributed by atoms with E-state index in [9.17, 15) is 14.4 Å². The third-order valence-electron chi connectivity index (χ3n) is 5.52. The molecule has 0 bridgehead atoms. The van der Waals surface area contributed by atoms with Crippen molar-refractivity contribution in [1.82, 2.24) is 20.0 Å². The van der Waals surface area contributed by atoms with E-state index in [-0.39, 0.29) is 23.8 Å². The van der Waals surface area contributed by atoms with E-state index in [0.717, 1.165) is 25.7 Å². The predicted octanol–water partition coefficient (Wildman–Crippen LogP) is 0.776. The van der Waals surface area contributed by atoms with Crippen molar-refractivity contribution in [2.45, 2.75) is 37.8 Å². The molecular weight excluding hydrogens is 364 g/mol. The zero-order valence-corrected chi connectivity index (χ0v) is 16.2. The highest BCUT2D eigenvalue weighted by molar-refractivity contribution is 7.12. The number of likely N-dealkylation sites (tertiary alicyclic amines) is 1. The first-order chi connectivity index (χ1) is 13.1. The number of rotatable bonds is 5. The number of amides is 3. The van der Waals surface area contributed by atoms with Gasteiger partial charge in [-0.25, -0.2) is 0 Å². The van der Waals surface area contributed by atoms with Crippen LogP contribution >= 0.6 is 11.3 Å². The van der Waals surface area contributed by atoms with E-state index < -0.39 is 0 Å². The van der Waals surface area contributed by atoms with Crippen molar-refractivity contribution in [3.8, 4) is 0 Å². The highest BCUT2D eigenvalue weighted by Crippen LogP contribution is 2.24. The summed E-state index contributed by atoms with van der Waals surface area (Å²) in [6.45, 7) is 3.70.